The van der Waals surface area contributed by atoms with Gasteiger partial charge in [-0.25, -0.2) is 4.98 Å². The molecular weight excluding hydrogens is 430 g/mol. The third-order valence-electron chi connectivity index (χ3n) is 3.60. The summed E-state index contributed by atoms with van der Waals surface area (Å²) in [5.74, 6) is 0.121. The summed E-state index contributed by atoms with van der Waals surface area (Å²) in [6.07, 6.45) is 0.705. The van der Waals surface area contributed by atoms with Crippen LogP contribution >= 0.6 is 27.7 Å². The molecule has 0 saturated carbocycles. The van der Waals surface area contributed by atoms with Gasteiger partial charge in [-0.1, -0.05) is 27.7 Å². The summed E-state index contributed by atoms with van der Waals surface area (Å²) in [7, 11) is 0. The molecule has 1 N–H and O–H groups in total. The number of hydrogen-bond acceptors (Lipinski definition) is 5. The number of benzene rings is 1. The molecule has 1 amide bonds. The third-order valence-corrected chi connectivity index (χ3v) is 5.07. The van der Waals surface area contributed by atoms with Gasteiger partial charge in [-0.05, 0) is 52.3 Å². The Morgan fingerprint density at radius 2 is 2.11 bits per heavy atom. The van der Waals surface area contributed by atoms with Crippen LogP contribution in [-0.4, -0.2) is 40.0 Å². The van der Waals surface area contributed by atoms with Gasteiger partial charge in [0, 0.05) is 29.8 Å². The number of hydrogen-bond donors (Lipinski definition) is 1. The van der Waals surface area contributed by atoms with Gasteiger partial charge in [-0.15, -0.1) is 0 Å². The number of aromatic nitrogens is 2. The average Bonchev–Trinajstić information content (AvgIpc) is 2.57. The molecule has 0 aliphatic rings. The molecule has 0 spiro atoms. The van der Waals surface area contributed by atoms with E-state index in [1.807, 2.05) is 39.8 Å². The number of nitrogens with one attached hydrogen (secondary N) is 1. The molecule has 148 valence electrons. The molecule has 8 heteroatoms. The number of halogens is 1. The van der Waals surface area contributed by atoms with Crippen LogP contribution < -0.4 is 10.9 Å². The molecule has 0 bridgehead atoms. The molecule has 0 aliphatic carbocycles. The van der Waals surface area contributed by atoms with Gasteiger partial charge in [-0.3, -0.25) is 14.2 Å². The van der Waals surface area contributed by atoms with E-state index in [0.717, 1.165) is 4.47 Å². The summed E-state index contributed by atoms with van der Waals surface area (Å²) in [4.78, 5) is 29.8. The number of carbonyl (C=O) groups excluding carboxylic acids is 1. The molecule has 2 rings (SSSR count). The Hall–Kier alpha value is -1.38. The van der Waals surface area contributed by atoms with Gasteiger partial charge < -0.3 is 10.1 Å². The van der Waals surface area contributed by atoms with Crippen molar-refractivity contribution in [1.29, 1.82) is 0 Å². The van der Waals surface area contributed by atoms with E-state index in [1.54, 1.807) is 10.6 Å². The Labute approximate surface area is 172 Å². The van der Waals surface area contributed by atoms with Crippen molar-refractivity contribution < 1.29 is 9.53 Å². The minimum atomic E-state index is -0.294. The first-order chi connectivity index (χ1) is 12.7. The van der Waals surface area contributed by atoms with Gasteiger partial charge in [0.25, 0.3) is 5.56 Å². The fourth-order valence-corrected chi connectivity index (χ4v) is 3.72. The lowest BCUT2D eigenvalue weighted by atomic mass is 10.1. The summed E-state index contributed by atoms with van der Waals surface area (Å²) < 4.78 is 7.86. The summed E-state index contributed by atoms with van der Waals surface area (Å²) >= 11 is 4.69. The Kier molecular flexibility index (Phi) is 7.88. The fraction of sp³-hybridized carbons (Fsp3) is 0.526. The van der Waals surface area contributed by atoms with Crippen LogP contribution in [0.5, 0.6) is 0 Å². The Morgan fingerprint density at radius 1 is 1.37 bits per heavy atom. The van der Waals surface area contributed by atoms with E-state index in [0.29, 0.717) is 42.2 Å². The number of ether oxygens (including phenoxy) is 1. The van der Waals surface area contributed by atoms with E-state index in [-0.39, 0.29) is 22.8 Å². The number of amides is 1. The zero-order valence-corrected chi connectivity index (χ0v) is 18.6. The third kappa shape index (κ3) is 6.62. The van der Waals surface area contributed by atoms with E-state index >= 15 is 0 Å². The van der Waals surface area contributed by atoms with E-state index in [9.17, 15) is 9.59 Å². The molecule has 1 heterocycles. The van der Waals surface area contributed by atoms with Crippen molar-refractivity contribution in [2.45, 2.75) is 51.4 Å². The summed E-state index contributed by atoms with van der Waals surface area (Å²) in [5.41, 5.74) is 0.234. The van der Waals surface area contributed by atoms with Crippen LogP contribution in [0.1, 0.15) is 34.1 Å². The van der Waals surface area contributed by atoms with Crippen molar-refractivity contribution in [3.63, 3.8) is 0 Å². The highest BCUT2D eigenvalue weighted by Crippen LogP contribution is 2.21. The van der Waals surface area contributed by atoms with Gasteiger partial charge in [0.15, 0.2) is 5.16 Å². The number of thioether (sulfide) groups is 1. The van der Waals surface area contributed by atoms with Crippen molar-refractivity contribution in [1.82, 2.24) is 14.9 Å². The van der Waals surface area contributed by atoms with Crippen LogP contribution in [0.15, 0.2) is 32.6 Å². The van der Waals surface area contributed by atoms with Crippen LogP contribution in [0.25, 0.3) is 10.9 Å². The SMILES string of the molecule is CCOCCCn1c(SCC(=O)NC(C)(C)C)nc2ccc(Br)cc2c1=O. The quantitative estimate of drug-likeness (QED) is 0.374. The normalized spacial score (nSPS) is 11.7. The monoisotopic (exact) mass is 455 g/mol. The Morgan fingerprint density at radius 3 is 2.78 bits per heavy atom. The van der Waals surface area contributed by atoms with Crippen LogP contribution in [0, 0.1) is 0 Å². The molecule has 0 aliphatic heterocycles. The second-order valence-electron chi connectivity index (χ2n) is 7.15. The highest BCUT2D eigenvalue weighted by Gasteiger charge is 2.17. The van der Waals surface area contributed by atoms with Crippen molar-refractivity contribution in [2.75, 3.05) is 19.0 Å². The zero-order valence-electron chi connectivity index (χ0n) is 16.2. The van der Waals surface area contributed by atoms with E-state index in [1.165, 1.54) is 11.8 Å². The van der Waals surface area contributed by atoms with Gasteiger partial charge in [0.05, 0.1) is 16.7 Å². The van der Waals surface area contributed by atoms with Crippen molar-refractivity contribution in [2.24, 2.45) is 0 Å². The lowest BCUT2D eigenvalue weighted by Gasteiger charge is -2.20. The second-order valence-corrected chi connectivity index (χ2v) is 9.01. The minimum Gasteiger partial charge on any atom is -0.382 e. The molecule has 1 aromatic heterocycles. The predicted molar refractivity (Wildman–Crippen MR) is 113 cm³/mol. The second kappa shape index (κ2) is 9.71. The maximum Gasteiger partial charge on any atom is 0.262 e. The summed E-state index contributed by atoms with van der Waals surface area (Å²) in [6.45, 7) is 9.47. The lowest BCUT2D eigenvalue weighted by molar-refractivity contribution is -0.119. The number of rotatable bonds is 8. The molecule has 0 fully saturated rings. The highest BCUT2D eigenvalue weighted by atomic mass is 79.9. The first-order valence-corrected chi connectivity index (χ1v) is 10.7. The lowest BCUT2D eigenvalue weighted by Crippen LogP contribution is -2.41. The van der Waals surface area contributed by atoms with Crippen molar-refractivity contribution >= 4 is 44.5 Å². The first-order valence-electron chi connectivity index (χ1n) is 8.93. The maximum absolute atomic E-state index is 13.0. The largest absolute Gasteiger partial charge is 0.382 e. The Bertz CT molecular complexity index is 862. The molecule has 0 unspecified atom stereocenters. The molecule has 0 atom stereocenters. The molecular formula is C19H26BrN3O3S. The topological polar surface area (TPSA) is 73.2 Å². The van der Waals surface area contributed by atoms with Gasteiger partial charge >= 0.3 is 0 Å². The van der Waals surface area contributed by atoms with Crippen LogP contribution in [0.3, 0.4) is 0 Å². The summed E-state index contributed by atoms with van der Waals surface area (Å²) in [5, 5.41) is 4.04. The molecule has 1 aromatic carbocycles. The zero-order chi connectivity index (χ0) is 20.0. The van der Waals surface area contributed by atoms with E-state index in [4.69, 9.17) is 4.74 Å². The minimum absolute atomic E-state index is 0.0847. The molecule has 6 nitrogen and oxygen atoms in total. The van der Waals surface area contributed by atoms with Gasteiger partial charge in [0.1, 0.15) is 0 Å². The maximum atomic E-state index is 13.0. The standard InChI is InChI=1S/C19H26BrN3O3S/c1-5-26-10-6-9-23-17(25)14-11-13(20)7-8-15(14)21-18(23)27-12-16(24)22-19(2,3)4/h7-8,11H,5-6,9-10,12H2,1-4H3,(H,22,24). The van der Waals surface area contributed by atoms with E-state index < -0.39 is 0 Å². The molecule has 0 saturated heterocycles. The van der Waals surface area contributed by atoms with Crippen LogP contribution in [-0.2, 0) is 16.1 Å². The van der Waals surface area contributed by atoms with Crippen molar-refractivity contribution in [3.05, 3.63) is 33.0 Å². The molecule has 0 radical (unpaired) electrons. The number of nitrogens with zero attached hydrogens (tertiary/aromatic N) is 2. The smallest absolute Gasteiger partial charge is 0.262 e. The first kappa shape index (κ1) is 21.9. The molecule has 2 aromatic rings. The number of carbonyl (C=O) groups is 1. The van der Waals surface area contributed by atoms with Gasteiger partial charge in [-0.2, -0.15) is 0 Å². The Balaban J connectivity index is 2.29. The van der Waals surface area contributed by atoms with Crippen LogP contribution in [0.2, 0.25) is 0 Å². The van der Waals surface area contributed by atoms with Crippen LogP contribution in [0.4, 0.5) is 0 Å². The fourth-order valence-electron chi connectivity index (χ4n) is 2.53. The van der Waals surface area contributed by atoms with E-state index in [2.05, 4.69) is 26.2 Å². The number of fused-ring (bicyclic) bond motifs is 1. The average molecular weight is 456 g/mol. The van der Waals surface area contributed by atoms with Crippen molar-refractivity contribution in [3.8, 4) is 0 Å². The predicted octanol–water partition coefficient (Wildman–Crippen LogP) is 3.59. The highest BCUT2D eigenvalue weighted by molar-refractivity contribution is 9.10. The van der Waals surface area contributed by atoms with Gasteiger partial charge in [0.2, 0.25) is 5.91 Å². The molecule has 27 heavy (non-hydrogen) atoms. The summed E-state index contributed by atoms with van der Waals surface area (Å²) in [6, 6.07) is 5.45.